The first-order valence-corrected chi connectivity index (χ1v) is 10.7. The van der Waals surface area contributed by atoms with Crippen molar-refractivity contribution in [3.05, 3.63) is 108 Å². The summed E-state index contributed by atoms with van der Waals surface area (Å²) in [7, 11) is 0. The molecule has 0 heterocycles. The number of aryl methyl sites for hydroxylation is 2. The second-order valence-electron chi connectivity index (χ2n) is 7.83. The summed E-state index contributed by atoms with van der Waals surface area (Å²) < 4.78 is 15.3. The molecule has 0 N–H and O–H groups in total. The van der Waals surface area contributed by atoms with Crippen molar-refractivity contribution in [2.24, 2.45) is 0 Å². The standard InChI is InChI=1S/C29H27F/c1-3-5-7-22-10-14-24(15-11-22)27-19-17-26-20-25(16-18-28(26)29(27)30)23-12-8-21(6-4-2)9-13-23/h3,8-20H,1,4-7H2,2H3. The Morgan fingerprint density at radius 3 is 2.03 bits per heavy atom. The van der Waals surface area contributed by atoms with Gasteiger partial charge in [0.05, 0.1) is 0 Å². The topological polar surface area (TPSA) is 0 Å². The normalized spacial score (nSPS) is 11.0. The number of rotatable bonds is 7. The molecule has 0 atom stereocenters. The molecule has 150 valence electrons. The maximum Gasteiger partial charge on any atom is 0.138 e. The van der Waals surface area contributed by atoms with Crippen LogP contribution in [0.2, 0.25) is 0 Å². The summed E-state index contributed by atoms with van der Waals surface area (Å²) >= 11 is 0. The summed E-state index contributed by atoms with van der Waals surface area (Å²) in [6.45, 7) is 5.96. The van der Waals surface area contributed by atoms with Gasteiger partial charge < -0.3 is 0 Å². The summed E-state index contributed by atoms with van der Waals surface area (Å²) in [6, 6.07) is 26.8. The molecule has 0 aliphatic heterocycles. The zero-order valence-corrected chi connectivity index (χ0v) is 17.5. The molecule has 0 saturated carbocycles. The number of benzene rings is 4. The first-order valence-electron chi connectivity index (χ1n) is 10.7. The van der Waals surface area contributed by atoms with Crippen LogP contribution in [0.15, 0.2) is 91.5 Å². The van der Waals surface area contributed by atoms with E-state index < -0.39 is 0 Å². The van der Waals surface area contributed by atoms with Gasteiger partial charge in [-0.2, -0.15) is 0 Å². The van der Waals surface area contributed by atoms with Crippen molar-refractivity contribution < 1.29 is 4.39 Å². The Morgan fingerprint density at radius 1 is 0.733 bits per heavy atom. The number of hydrogen-bond acceptors (Lipinski definition) is 0. The SMILES string of the molecule is C=CCCc1ccc(-c2ccc3cc(-c4ccc(CCC)cc4)ccc3c2F)cc1. The summed E-state index contributed by atoms with van der Waals surface area (Å²) in [6.07, 6.45) is 6.08. The molecule has 0 aliphatic carbocycles. The van der Waals surface area contributed by atoms with Gasteiger partial charge in [-0.15, -0.1) is 6.58 Å². The predicted octanol–water partition coefficient (Wildman–Crippen LogP) is 8.38. The van der Waals surface area contributed by atoms with E-state index in [0.717, 1.165) is 47.8 Å². The van der Waals surface area contributed by atoms with Crippen LogP contribution >= 0.6 is 0 Å². The highest BCUT2D eigenvalue weighted by molar-refractivity contribution is 5.91. The second kappa shape index (κ2) is 9.09. The lowest BCUT2D eigenvalue weighted by atomic mass is 9.95. The molecule has 4 aromatic rings. The third kappa shape index (κ3) is 4.21. The lowest BCUT2D eigenvalue weighted by molar-refractivity contribution is 0.643. The molecule has 0 radical (unpaired) electrons. The number of hydrogen-bond donors (Lipinski definition) is 0. The largest absolute Gasteiger partial charge is 0.206 e. The summed E-state index contributed by atoms with van der Waals surface area (Å²) in [4.78, 5) is 0. The zero-order valence-electron chi connectivity index (χ0n) is 17.5. The molecule has 0 saturated heterocycles. The van der Waals surface area contributed by atoms with E-state index >= 15 is 4.39 Å². The van der Waals surface area contributed by atoms with Crippen LogP contribution < -0.4 is 0 Å². The molecule has 0 aliphatic rings. The monoisotopic (exact) mass is 394 g/mol. The van der Waals surface area contributed by atoms with Gasteiger partial charge in [0.25, 0.3) is 0 Å². The average molecular weight is 395 g/mol. The molecule has 0 unspecified atom stereocenters. The van der Waals surface area contributed by atoms with E-state index in [1.54, 1.807) is 0 Å². The molecule has 0 fully saturated rings. The Kier molecular flexibility index (Phi) is 6.09. The fraction of sp³-hybridized carbons (Fsp3) is 0.172. The van der Waals surface area contributed by atoms with Gasteiger partial charge in [0.1, 0.15) is 5.82 Å². The van der Waals surface area contributed by atoms with Crippen molar-refractivity contribution in [3.8, 4) is 22.3 Å². The maximum atomic E-state index is 15.3. The van der Waals surface area contributed by atoms with Gasteiger partial charge in [0.15, 0.2) is 0 Å². The third-order valence-corrected chi connectivity index (χ3v) is 5.68. The van der Waals surface area contributed by atoms with Crippen molar-refractivity contribution in [1.82, 2.24) is 0 Å². The maximum absolute atomic E-state index is 15.3. The molecule has 0 spiro atoms. The van der Waals surface area contributed by atoms with E-state index in [2.05, 4.69) is 56.0 Å². The van der Waals surface area contributed by atoms with Crippen LogP contribution in [0.1, 0.15) is 30.9 Å². The van der Waals surface area contributed by atoms with Gasteiger partial charge in [0.2, 0.25) is 0 Å². The molecular formula is C29H27F. The van der Waals surface area contributed by atoms with Crippen molar-refractivity contribution >= 4 is 10.8 Å². The van der Waals surface area contributed by atoms with Gasteiger partial charge in [-0.3, -0.25) is 0 Å². The van der Waals surface area contributed by atoms with Crippen LogP contribution in [-0.2, 0) is 12.8 Å². The smallest absolute Gasteiger partial charge is 0.138 e. The summed E-state index contributed by atoms with van der Waals surface area (Å²) in [5.74, 6) is -0.156. The van der Waals surface area contributed by atoms with Crippen LogP contribution in [-0.4, -0.2) is 0 Å². The van der Waals surface area contributed by atoms with Crippen LogP contribution in [0.5, 0.6) is 0 Å². The molecule has 0 aromatic heterocycles. The predicted molar refractivity (Wildman–Crippen MR) is 127 cm³/mol. The zero-order chi connectivity index (χ0) is 20.9. The van der Waals surface area contributed by atoms with Crippen LogP contribution in [0, 0.1) is 5.82 Å². The molecular weight excluding hydrogens is 367 g/mol. The molecule has 30 heavy (non-hydrogen) atoms. The minimum absolute atomic E-state index is 0.156. The van der Waals surface area contributed by atoms with E-state index in [1.165, 1.54) is 11.1 Å². The Balaban J connectivity index is 1.64. The average Bonchev–Trinajstić information content (AvgIpc) is 2.79. The Morgan fingerprint density at radius 2 is 1.37 bits per heavy atom. The van der Waals surface area contributed by atoms with Gasteiger partial charge in [0, 0.05) is 10.9 Å². The first kappa shape index (κ1) is 20.1. The van der Waals surface area contributed by atoms with E-state index in [1.807, 2.05) is 42.5 Å². The minimum Gasteiger partial charge on any atom is -0.206 e. The minimum atomic E-state index is -0.156. The van der Waals surface area contributed by atoms with E-state index in [-0.39, 0.29) is 5.82 Å². The molecule has 4 aromatic carbocycles. The summed E-state index contributed by atoms with van der Waals surface area (Å²) in [5, 5.41) is 1.59. The number of fused-ring (bicyclic) bond motifs is 1. The van der Waals surface area contributed by atoms with Crippen molar-refractivity contribution in [3.63, 3.8) is 0 Å². The van der Waals surface area contributed by atoms with Crippen LogP contribution in [0.4, 0.5) is 4.39 Å². The number of allylic oxidation sites excluding steroid dienone is 1. The lowest BCUT2D eigenvalue weighted by Crippen LogP contribution is -1.89. The fourth-order valence-electron chi connectivity index (χ4n) is 3.97. The third-order valence-electron chi connectivity index (χ3n) is 5.68. The highest BCUT2D eigenvalue weighted by Crippen LogP contribution is 2.32. The van der Waals surface area contributed by atoms with Crippen molar-refractivity contribution in [1.29, 1.82) is 0 Å². The van der Waals surface area contributed by atoms with Gasteiger partial charge in [-0.05, 0) is 58.5 Å². The van der Waals surface area contributed by atoms with E-state index in [0.29, 0.717) is 10.9 Å². The van der Waals surface area contributed by atoms with Gasteiger partial charge in [-0.1, -0.05) is 92.2 Å². The Bertz CT molecular complexity index is 1150. The second-order valence-corrected chi connectivity index (χ2v) is 7.83. The van der Waals surface area contributed by atoms with Crippen LogP contribution in [0.3, 0.4) is 0 Å². The quantitative estimate of drug-likeness (QED) is 0.276. The highest BCUT2D eigenvalue weighted by Gasteiger charge is 2.10. The molecule has 0 nitrogen and oxygen atoms in total. The lowest BCUT2D eigenvalue weighted by Gasteiger charge is -2.10. The van der Waals surface area contributed by atoms with Gasteiger partial charge >= 0.3 is 0 Å². The first-order chi connectivity index (χ1) is 14.7. The fourth-order valence-corrected chi connectivity index (χ4v) is 3.97. The molecule has 0 bridgehead atoms. The van der Waals surface area contributed by atoms with Gasteiger partial charge in [-0.25, -0.2) is 4.39 Å². The van der Waals surface area contributed by atoms with Crippen molar-refractivity contribution in [2.75, 3.05) is 0 Å². The molecule has 0 amide bonds. The Labute approximate surface area is 178 Å². The van der Waals surface area contributed by atoms with Crippen LogP contribution in [0.25, 0.3) is 33.0 Å². The number of halogens is 1. The van der Waals surface area contributed by atoms with Crippen molar-refractivity contribution in [2.45, 2.75) is 32.6 Å². The molecule has 1 heteroatoms. The van der Waals surface area contributed by atoms with E-state index in [9.17, 15) is 0 Å². The highest BCUT2D eigenvalue weighted by atomic mass is 19.1. The Hall–Kier alpha value is -3.19. The van der Waals surface area contributed by atoms with E-state index in [4.69, 9.17) is 0 Å². The summed E-state index contributed by atoms with van der Waals surface area (Å²) in [5.41, 5.74) is 6.44. The molecule has 4 rings (SSSR count).